The number of likely N-dealkylation sites (N-methyl/N-ethyl adjacent to an activating group) is 1. The van der Waals surface area contributed by atoms with E-state index in [0.717, 1.165) is 0 Å². The van der Waals surface area contributed by atoms with Crippen LogP contribution in [0.25, 0.3) is 0 Å². The summed E-state index contributed by atoms with van der Waals surface area (Å²) in [5.41, 5.74) is -0.822. The molecule has 8 heteroatoms. The highest BCUT2D eigenvalue weighted by Gasteiger charge is 2.42. The van der Waals surface area contributed by atoms with Gasteiger partial charge in [-0.3, -0.25) is 9.59 Å². The molecule has 0 aromatic carbocycles. The predicted molar refractivity (Wildman–Crippen MR) is 64.7 cm³/mol. The third kappa shape index (κ3) is 3.84. The Morgan fingerprint density at radius 2 is 2.00 bits per heavy atom. The van der Waals surface area contributed by atoms with Crippen LogP contribution in [0.2, 0.25) is 0 Å². The predicted octanol–water partition coefficient (Wildman–Crippen LogP) is 0.626. The maximum atomic E-state index is 12.3. The van der Waals surface area contributed by atoms with Crippen molar-refractivity contribution < 1.29 is 27.9 Å². The number of rotatable bonds is 4. The maximum Gasteiger partial charge on any atom is 0.406 e. The summed E-state index contributed by atoms with van der Waals surface area (Å²) in [6.07, 6.45) is -4.69. The van der Waals surface area contributed by atoms with E-state index < -0.39 is 36.0 Å². The Morgan fingerprint density at radius 3 is 2.45 bits per heavy atom. The molecule has 1 heterocycles. The summed E-state index contributed by atoms with van der Waals surface area (Å²) in [5.74, 6) is -1.89. The van der Waals surface area contributed by atoms with Gasteiger partial charge < -0.3 is 14.9 Å². The highest BCUT2D eigenvalue weighted by molar-refractivity contribution is 5.89. The molecule has 0 aromatic rings. The van der Waals surface area contributed by atoms with Crippen LogP contribution in [0.15, 0.2) is 0 Å². The first-order chi connectivity index (χ1) is 8.98. The van der Waals surface area contributed by atoms with Crippen LogP contribution in [-0.2, 0) is 9.59 Å². The third-order valence-electron chi connectivity index (χ3n) is 3.56. The first kappa shape index (κ1) is 16.7. The van der Waals surface area contributed by atoms with E-state index in [1.807, 2.05) is 0 Å². The van der Waals surface area contributed by atoms with Gasteiger partial charge >= 0.3 is 6.18 Å². The smallest absolute Gasteiger partial charge is 0.394 e. The first-order valence-corrected chi connectivity index (χ1v) is 6.21. The van der Waals surface area contributed by atoms with Gasteiger partial charge in [-0.15, -0.1) is 0 Å². The lowest BCUT2D eigenvalue weighted by atomic mass is 10.0. The number of aliphatic hydroxyl groups is 1. The second-order valence-corrected chi connectivity index (χ2v) is 5.66. The average molecular weight is 296 g/mol. The molecule has 0 radical (unpaired) electrons. The van der Waals surface area contributed by atoms with E-state index in [1.165, 1.54) is 11.9 Å². The normalized spacial score (nSPS) is 20.4. The molecule has 0 saturated carbocycles. The number of nitrogens with zero attached hydrogens (tertiary/aromatic N) is 2. The van der Waals surface area contributed by atoms with Crippen molar-refractivity contribution in [2.75, 3.05) is 26.7 Å². The van der Waals surface area contributed by atoms with E-state index in [-0.39, 0.29) is 19.6 Å². The van der Waals surface area contributed by atoms with Crippen molar-refractivity contribution >= 4 is 11.8 Å². The standard InChI is InChI=1S/C12H19F3N2O3/c1-11(2,7-18)16(3)10(20)8-4-9(19)17(5-8)6-12(13,14)15/h8,18H,4-7H2,1-3H3. The molecule has 0 aromatic heterocycles. The molecule has 0 spiro atoms. The first-order valence-electron chi connectivity index (χ1n) is 6.21. The minimum atomic E-state index is -4.47. The lowest BCUT2D eigenvalue weighted by molar-refractivity contribution is -0.157. The largest absolute Gasteiger partial charge is 0.406 e. The van der Waals surface area contributed by atoms with E-state index in [1.54, 1.807) is 13.8 Å². The zero-order valence-electron chi connectivity index (χ0n) is 11.7. The summed E-state index contributed by atoms with van der Waals surface area (Å²) in [5, 5.41) is 9.19. The van der Waals surface area contributed by atoms with Crippen LogP contribution in [0.4, 0.5) is 13.2 Å². The molecule has 116 valence electrons. The summed E-state index contributed by atoms with van der Waals surface area (Å²) < 4.78 is 36.9. The third-order valence-corrected chi connectivity index (χ3v) is 3.56. The van der Waals surface area contributed by atoms with Crippen LogP contribution in [0.5, 0.6) is 0 Å². The Labute approximate surface area is 115 Å². The summed E-state index contributed by atoms with van der Waals surface area (Å²) in [6, 6.07) is 0. The fraction of sp³-hybridized carbons (Fsp3) is 0.833. The Hall–Kier alpha value is -1.31. The summed E-state index contributed by atoms with van der Waals surface area (Å²) in [6.45, 7) is 1.43. The molecule has 5 nitrogen and oxygen atoms in total. The van der Waals surface area contributed by atoms with Crippen molar-refractivity contribution in [1.82, 2.24) is 9.80 Å². The second-order valence-electron chi connectivity index (χ2n) is 5.66. The summed E-state index contributed by atoms with van der Waals surface area (Å²) in [4.78, 5) is 25.6. The van der Waals surface area contributed by atoms with E-state index in [4.69, 9.17) is 0 Å². The molecule has 1 unspecified atom stereocenters. The topological polar surface area (TPSA) is 60.9 Å². The minimum Gasteiger partial charge on any atom is -0.394 e. The fourth-order valence-electron chi connectivity index (χ4n) is 1.99. The quantitative estimate of drug-likeness (QED) is 0.827. The molecule has 0 bridgehead atoms. The van der Waals surface area contributed by atoms with Crippen LogP contribution in [0.3, 0.4) is 0 Å². The van der Waals surface area contributed by atoms with Crippen molar-refractivity contribution in [2.24, 2.45) is 5.92 Å². The molecular formula is C12H19F3N2O3. The number of amides is 2. The van der Waals surface area contributed by atoms with Crippen molar-refractivity contribution in [3.63, 3.8) is 0 Å². The maximum absolute atomic E-state index is 12.3. The number of likely N-dealkylation sites (tertiary alicyclic amines) is 1. The van der Waals surface area contributed by atoms with Gasteiger partial charge in [0.05, 0.1) is 18.1 Å². The van der Waals surface area contributed by atoms with Gasteiger partial charge in [-0.25, -0.2) is 0 Å². The minimum absolute atomic E-state index is 0.221. The highest BCUT2D eigenvalue weighted by Crippen LogP contribution is 2.26. The van der Waals surface area contributed by atoms with E-state index in [0.29, 0.717) is 4.90 Å². The van der Waals surface area contributed by atoms with Crippen molar-refractivity contribution in [1.29, 1.82) is 0 Å². The lowest BCUT2D eigenvalue weighted by Gasteiger charge is -2.35. The number of carbonyl (C=O) groups excluding carboxylic acids is 2. The molecular weight excluding hydrogens is 277 g/mol. The summed E-state index contributed by atoms with van der Waals surface area (Å²) >= 11 is 0. The Balaban J connectivity index is 2.72. The lowest BCUT2D eigenvalue weighted by Crippen LogP contribution is -2.50. The Morgan fingerprint density at radius 1 is 1.45 bits per heavy atom. The van der Waals surface area contributed by atoms with Gasteiger partial charge in [0.25, 0.3) is 0 Å². The molecule has 1 N–H and O–H groups in total. The number of aliphatic hydroxyl groups excluding tert-OH is 1. The molecule has 1 aliphatic heterocycles. The van der Waals surface area contributed by atoms with Crippen molar-refractivity contribution in [3.05, 3.63) is 0 Å². The molecule has 1 atom stereocenters. The van der Waals surface area contributed by atoms with Gasteiger partial charge in [0, 0.05) is 20.0 Å². The van der Waals surface area contributed by atoms with E-state index >= 15 is 0 Å². The second kappa shape index (κ2) is 5.59. The number of alkyl halides is 3. The van der Waals surface area contributed by atoms with Gasteiger partial charge in [-0.05, 0) is 13.8 Å². The monoisotopic (exact) mass is 296 g/mol. The zero-order valence-corrected chi connectivity index (χ0v) is 11.7. The van der Waals surface area contributed by atoms with Gasteiger partial charge in [0.1, 0.15) is 6.54 Å². The molecule has 2 amide bonds. The molecule has 1 rings (SSSR count). The molecule has 1 aliphatic rings. The van der Waals surface area contributed by atoms with Gasteiger partial charge in [-0.2, -0.15) is 13.2 Å². The molecule has 1 saturated heterocycles. The van der Waals surface area contributed by atoms with Gasteiger partial charge in [0.2, 0.25) is 11.8 Å². The number of hydrogen-bond donors (Lipinski definition) is 1. The number of carbonyl (C=O) groups is 2. The molecule has 1 fully saturated rings. The van der Waals surface area contributed by atoms with E-state index in [9.17, 15) is 27.9 Å². The van der Waals surface area contributed by atoms with Crippen LogP contribution in [0.1, 0.15) is 20.3 Å². The fourth-order valence-corrected chi connectivity index (χ4v) is 1.99. The van der Waals surface area contributed by atoms with Crippen LogP contribution in [-0.4, -0.2) is 65.2 Å². The molecule has 20 heavy (non-hydrogen) atoms. The van der Waals surface area contributed by atoms with Gasteiger partial charge in [-0.1, -0.05) is 0 Å². The SMILES string of the molecule is CN(C(=O)C1CC(=O)N(CC(F)(F)F)C1)C(C)(C)CO. The zero-order chi connectivity index (χ0) is 15.7. The average Bonchev–Trinajstić information content (AvgIpc) is 2.66. The van der Waals surface area contributed by atoms with Crippen LogP contribution in [0, 0.1) is 5.92 Å². The Kier molecular flexibility index (Phi) is 4.68. The number of hydrogen-bond acceptors (Lipinski definition) is 3. The van der Waals surface area contributed by atoms with Crippen LogP contribution >= 0.6 is 0 Å². The van der Waals surface area contributed by atoms with Gasteiger partial charge in [0.15, 0.2) is 0 Å². The molecule has 0 aliphatic carbocycles. The summed E-state index contributed by atoms with van der Waals surface area (Å²) in [7, 11) is 1.47. The van der Waals surface area contributed by atoms with E-state index in [2.05, 4.69) is 0 Å². The highest BCUT2D eigenvalue weighted by atomic mass is 19.4. The van der Waals surface area contributed by atoms with Crippen LogP contribution < -0.4 is 0 Å². The Bertz CT molecular complexity index is 396. The number of halogens is 3. The van der Waals surface area contributed by atoms with Crippen molar-refractivity contribution in [3.8, 4) is 0 Å². The van der Waals surface area contributed by atoms with Crippen molar-refractivity contribution in [2.45, 2.75) is 32.0 Å².